The quantitative estimate of drug-likeness (QED) is 0.815. The Bertz CT molecular complexity index is 344. The summed E-state index contributed by atoms with van der Waals surface area (Å²) in [5, 5.41) is 3.34. The van der Waals surface area contributed by atoms with E-state index in [0.717, 1.165) is 30.4 Å². The van der Waals surface area contributed by atoms with Gasteiger partial charge in [0.1, 0.15) is 0 Å². The largest absolute Gasteiger partial charge is 0.339 e. The highest BCUT2D eigenvalue weighted by Gasteiger charge is 2.20. The molecule has 0 amide bonds. The van der Waals surface area contributed by atoms with Gasteiger partial charge in [-0.2, -0.15) is 0 Å². The molecule has 1 aliphatic heterocycles. The minimum atomic E-state index is 0.568. The number of piperidine rings is 1. The highest BCUT2D eigenvalue weighted by atomic mass is 15.3. The number of nitrogens with zero attached hydrogens (tertiary/aromatic N) is 3. The molecule has 16 heavy (non-hydrogen) atoms. The molecule has 1 atom stereocenters. The van der Waals surface area contributed by atoms with Crippen molar-refractivity contribution < 1.29 is 0 Å². The number of aryl methyl sites for hydroxylation is 2. The van der Waals surface area contributed by atoms with Crippen LogP contribution in [0.1, 0.15) is 24.2 Å². The van der Waals surface area contributed by atoms with E-state index in [0.29, 0.717) is 6.04 Å². The van der Waals surface area contributed by atoms with E-state index in [1.54, 1.807) is 0 Å². The van der Waals surface area contributed by atoms with Crippen LogP contribution in [0.3, 0.4) is 0 Å². The fraction of sp³-hybridized carbons (Fsp3) is 0.667. The smallest absolute Gasteiger partial charge is 0.225 e. The number of rotatable bonds is 2. The second kappa shape index (κ2) is 4.78. The lowest BCUT2D eigenvalue weighted by Crippen LogP contribution is -2.45. The Hall–Kier alpha value is -1.16. The number of likely N-dealkylation sites (N-methyl/N-ethyl adjacent to an activating group) is 1. The molecule has 4 heteroatoms. The van der Waals surface area contributed by atoms with Gasteiger partial charge >= 0.3 is 0 Å². The molecule has 0 saturated carbocycles. The molecule has 4 nitrogen and oxygen atoms in total. The Balaban J connectivity index is 2.16. The van der Waals surface area contributed by atoms with Gasteiger partial charge < -0.3 is 10.2 Å². The summed E-state index contributed by atoms with van der Waals surface area (Å²) in [5.74, 6) is 0.887. The first-order chi connectivity index (χ1) is 7.69. The topological polar surface area (TPSA) is 41.0 Å². The van der Waals surface area contributed by atoms with Crippen LogP contribution in [0.5, 0.6) is 0 Å². The van der Waals surface area contributed by atoms with Gasteiger partial charge in [0.05, 0.1) is 0 Å². The molecular formula is C12H20N4. The minimum Gasteiger partial charge on any atom is -0.339 e. The summed E-state index contributed by atoms with van der Waals surface area (Å²) in [7, 11) is 2.02. The summed E-state index contributed by atoms with van der Waals surface area (Å²) in [4.78, 5) is 11.3. The number of hydrogen-bond donors (Lipinski definition) is 1. The van der Waals surface area contributed by atoms with Crippen LogP contribution in [0.2, 0.25) is 0 Å². The Morgan fingerprint density at radius 3 is 2.62 bits per heavy atom. The van der Waals surface area contributed by atoms with Gasteiger partial charge in [-0.3, -0.25) is 0 Å². The highest BCUT2D eigenvalue weighted by Crippen LogP contribution is 2.16. The SMILES string of the molecule is CN[C@H]1CCCN(c2nc(C)cc(C)n2)C1. The van der Waals surface area contributed by atoms with Crippen LogP contribution < -0.4 is 10.2 Å². The lowest BCUT2D eigenvalue weighted by atomic mass is 10.1. The third-order valence-electron chi connectivity index (χ3n) is 3.08. The standard InChI is InChI=1S/C12H20N4/c1-9-7-10(2)15-12(14-9)16-6-4-5-11(8-16)13-3/h7,11,13H,4-6,8H2,1-3H3/t11-/m0/s1. The second-order valence-electron chi connectivity index (χ2n) is 4.52. The van der Waals surface area contributed by atoms with Crippen molar-refractivity contribution in [2.75, 3.05) is 25.0 Å². The Morgan fingerprint density at radius 2 is 2.00 bits per heavy atom. The first-order valence-corrected chi connectivity index (χ1v) is 5.93. The fourth-order valence-electron chi connectivity index (χ4n) is 2.24. The molecule has 1 fully saturated rings. The van der Waals surface area contributed by atoms with Crippen molar-refractivity contribution in [3.05, 3.63) is 17.5 Å². The van der Waals surface area contributed by atoms with Crippen molar-refractivity contribution in [3.63, 3.8) is 0 Å². The van der Waals surface area contributed by atoms with E-state index in [1.165, 1.54) is 12.8 Å². The molecule has 1 aliphatic rings. The van der Waals surface area contributed by atoms with Crippen LogP contribution >= 0.6 is 0 Å². The van der Waals surface area contributed by atoms with Crippen LogP contribution in [0.25, 0.3) is 0 Å². The Kier molecular flexibility index (Phi) is 3.39. The maximum Gasteiger partial charge on any atom is 0.225 e. The monoisotopic (exact) mass is 220 g/mol. The first kappa shape index (κ1) is 11.3. The van der Waals surface area contributed by atoms with Crippen molar-refractivity contribution in [1.82, 2.24) is 15.3 Å². The number of anilines is 1. The molecule has 1 N–H and O–H groups in total. The molecule has 0 spiro atoms. The van der Waals surface area contributed by atoms with Gasteiger partial charge in [-0.25, -0.2) is 9.97 Å². The summed E-state index contributed by atoms with van der Waals surface area (Å²) >= 11 is 0. The molecule has 0 bridgehead atoms. The number of hydrogen-bond acceptors (Lipinski definition) is 4. The molecule has 1 aromatic heterocycles. The molecule has 2 heterocycles. The van der Waals surface area contributed by atoms with E-state index < -0.39 is 0 Å². The minimum absolute atomic E-state index is 0.568. The predicted molar refractivity (Wildman–Crippen MR) is 65.8 cm³/mol. The zero-order valence-corrected chi connectivity index (χ0v) is 10.3. The van der Waals surface area contributed by atoms with Crippen molar-refractivity contribution in [3.8, 4) is 0 Å². The van der Waals surface area contributed by atoms with Gasteiger partial charge in [0, 0.05) is 30.5 Å². The summed E-state index contributed by atoms with van der Waals surface area (Å²) in [5.41, 5.74) is 2.10. The van der Waals surface area contributed by atoms with E-state index in [9.17, 15) is 0 Å². The molecule has 0 radical (unpaired) electrons. The number of nitrogens with one attached hydrogen (secondary N) is 1. The van der Waals surface area contributed by atoms with Crippen LogP contribution in [0.4, 0.5) is 5.95 Å². The predicted octanol–water partition coefficient (Wildman–Crippen LogP) is 1.28. The molecular weight excluding hydrogens is 200 g/mol. The zero-order chi connectivity index (χ0) is 11.5. The third-order valence-corrected chi connectivity index (χ3v) is 3.08. The van der Waals surface area contributed by atoms with Gasteiger partial charge in [-0.1, -0.05) is 0 Å². The average molecular weight is 220 g/mol. The third kappa shape index (κ3) is 2.50. The highest BCUT2D eigenvalue weighted by molar-refractivity contribution is 5.33. The first-order valence-electron chi connectivity index (χ1n) is 5.93. The summed E-state index contributed by atoms with van der Waals surface area (Å²) in [6, 6.07) is 2.58. The normalized spacial score (nSPS) is 21.2. The van der Waals surface area contributed by atoms with Crippen LogP contribution in [0, 0.1) is 13.8 Å². The lowest BCUT2D eigenvalue weighted by molar-refractivity contribution is 0.445. The van der Waals surface area contributed by atoms with Gasteiger partial charge in [-0.05, 0) is 39.8 Å². The Labute approximate surface area is 97.1 Å². The average Bonchev–Trinajstić information content (AvgIpc) is 2.28. The maximum absolute atomic E-state index is 4.51. The van der Waals surface area contributed by atoms with E-state index in [4.69, 9.17) is 0 Å². The van der Waals surface area contributed by atoms with Crippen LogP contribution in [-0.4, -0.2) is 36.1 Å². The van der Waals surface area contributed by atoms with Crippen molar-refractivity contribution in [2.45, 2.75) is 32.7 Å². The fourth-order valence-corrected chi connectivity index (χ4v) is 2.24. The second-order valence-corrected chi connectivity index (χ2v) is 4.52. The summed E-state index contributed by atoms with van der Waals surface area (Å²) < 4.78 is 0. The number of aromatic nitrogens is 2. The summed E-state index contributed by atoms with van der Waals surface area (Å²) in [6.45, 7) is 6.13. The molecule has 88 valence electrons. The van der Waals surface area contributed by atoms with Crippen molar-refractivity contribution in [2.24, 2.45) is 0 Å². The van der Waals surface area contributed by atoms with Gasteiger partial charge in [0.15, 0.2) is 0 Å². The van der Waals surface area contributed by atoms with Gasteiger partial charge in [0.2, 0.25) is 5.95 Å². The molecule has 2 rings (SSSR count). The zero-order valence-electron chi connectivity index (χ0n) is 10.3. The van der Waals surface area contributed by atoms with E-state index in [-0.39, 0.29) is 0 Å². The molecule has 0 unspecified atom stereocenters. The summed E-state index contributed by atoms with van der Waals surface area (Å²) in [6.07, 6.45) is 2.46. The van der Waals surface area contributed by atoms with E-state index >= 15 is 0 Å². The Morgan fingerprint density at radius 1 is 1.31 bits per heavy atom. The molecule has 0 aromatic carbocycles. The molecule has 1 saturated heterocycles. The maximum atomic E-state index is 4.51. The van der Waals surface area contributed by atoms with Gasteiger partial charge in [0.25, 0.3) is 0 Å². The molecule has 0 aliphatic carbocycles. The molecule has 1 aromatic rings. The van der Waals surface area contributed by atoms with E-state index in [2.05, 4.69) is 20.2 Å². The van der Waals surface area contributed by atoms with Crippen LogP contribution in [-0.2, 0) is 0 Å². The van der Waals surface area contributed by atoms with Gasteiger partial charge in [-0.15, -0.1) is 0 Å². The van der Waals surface area contributed by atoms with E-state index in [1.807, 2.05) is 27.0 Å². The lowest BCUT2D eigenvalue weighted by Gasteiger charge is -2.32. The van der Waals surface area contributed by atoms with Crippen LogP contribution in [0.15, 0.2) is 6.07 Å². The van der Waals surface area contributed by atoms with Crippen molar-refractivity contribution in [1.29, 1.82) is 0 Å². The van der Waals surface area contributed by atoms with Crippen molar-refractivity contribution >= 4 is 5.95 Å².